The van der Waals surface area contributed by atoms with E-state index >= 15 is 0 Å². The molecule has 108 valence electrons. The van der Waals surface area contributed by atoms with Gasteiger partial charge in [-0.15, -0.1) is 0 Å². The third-order valence-electron chi connectivity index (χ3n) is 2.92. The Balaban J connectivity index is 2.26. The van der Waals surface area contributed by atoms with Crippen molar-refractivity contribution in [2.45, 2.75) is 6.92 Å². The Morgan fingerprint density at radius 3 is 2.48 bits per heavy atom. The molecule has 0 unspecified atom stereocenters. The molecule has 2 aromatic carbocycles. The van der Waals surface area contributed by atoms with Crippen molar-refractivity contribution in [2.24, 2.45) is 0 Å². The van der Waals surface area contributed by atoms with Crippen LogP contribution < -0.4 is 5.32 Å². The first kappa shape index (κ1) is 15.1. The molecule has 0 bridgehead atoms. The molecule has 3 N–H and O–H groups in total. The number of aryl methyl sites for hydroxylation is 1. The van der Waals surface area contributed by atoms with Crippen LogP contribution in [0.3, 0.4) is 0 Å². The molecule has 2 rings (SSSR count). The first-order valence-electron chi connectivity index (χ1n) is 6.03. The standard InChI is InChI=1S/C15H12BrNO4/c1-8-3-2-4-11(13(8)16)14(19)17-9-5-6-10(15(20)21)12(18)7-9/h2-7,18H,1H3,(H,17,19)(H,20,21). The molecule has 0 aliphatic carbocycles. The van der Waals surface area contributed by atoms with E-state index in [1.165, 1.54) is 18.2 Å². The predicted octanol–water partition coefficient (Wildman–Crippen LogP) is 3.41. The Morgan fingerprint density at radius 2 is 1.86 bits per heavy atom. The number of carbonyl (C=O) groups is 2. The number of aromatic hydroxyl groups is 1. The zero-order valence-corrected chi connectivity index (χ0v) is 12.6. The van der Waals surface area contributed by atoms with Gasteiger partial charge in [0.25, 0.3) is 5.91 Å². The second kappa shape index (κ2) is 5.97. The fraction of sp³-hybridized carbons (Fsp3) is 0.0667. The summed E-state index contributed by atoms with van der Waals surface area (Å²) >= 11 is 3.35. The number of carbonyl (C=O) groups excluding carboxylic acids is 1. The number of carboxylic acids is 1. The molecule has 5 nitrogen and oxygen atoms in total. The molecule has 0 heterocycles. The van der Waals surface area contributed by atoms with Gasteiger partial charge in [-0.3, -0.25) is 4.79 Å². The van der Waals surface area contributed by atoms with Gasteiger partial charge >= 0.3 is 5.97 Å². The van der Waals surface area contributed by atoms with Gasteiger partial charge in [0.2, 0.25) is 0 Å². The maximum atomic E-state index is 12.2. The molecule has 21 heavy (non-hydrogen) atoms. The predicted molar refractivity (Wildman–Crippen MR) is 81.9 cm³/mol. The molecule has 0 saturated heterocycles. The molecule has 0 aromatic heterocycles. The Morgan fingerprint density at radius 1 is 1.14 bits per heavy atom. The lowest BCUT2D eigenvalue weighted by Gasteiger charge is -2.09. The van der Waals surface area contributed by atoms with E-state index in [0.717, 1.165) is 5.56 Å². The number of amides is 1. The highest BCUT2D eigenvalue weighted by molar-refractivity contribution is 9.10. The lowest BCUT2D eigenvalue weighted by Crippen LogP contribution is -2.13. The second-order valence-electron chi connectivity index (χ2n) is 4.43. The largest absolute Gasteiger partial charge is 0.507 e. The van der Waals surface area contributed by atoms with Crippen molar-refractivity contribution in [1.82, 2.24) is 0 Å². The number of anilines is 1. The molecule has 0 saturated carbocycles. The fourth-order valence-electron chi connectivity index (χ4n) is 1.81. The van der Waals surface area contributed by atoms with Gasteiger partial charge in [-0.25, -0.2) is 4.79 Å². The highest BCUT2D eigenvalue weighted by Crippen LogP contribution is 2.25. The monoisotopic (exact) mass is 349 g/mol. The summed E-state index contributed by atoms with van der Waals surface area (Å²) in [4.78, 5) is 23.0. The molecule has 0 fully saturated rings. The van der Waals surface area contributed by atoms with Gasteiger partial charge in [-0.2, -0.15) is 0 Å². The topological polar surface area (TPSA) is 86.6 Å². The van der Waals surface area contributed by atoms with Gasteiger partial charge in [-0.05, 0) is 46.6 Å². The molecule has 0 aliphatic heterocycles. The van der Waals surface area contributed by atoms with E-state index in [1.807, 2.05) is 13.0 Å². The van der Waals surface area contributed by atoms with Crippen molar-refractivity contribution in [2.75, 3.05) is 5.32 Å². The van der Waals surface area contributed by atoms with Gasteiger partial charge in [0.1, 0.15) is 11.3 Å². The Bertz CT molecular complexity index is 728. The van der Waals surface area contributed by atoms with Gasteiger partial charge in [0.15, 0.2) is 0 Å². The average molecular weight is 350 g/mol. The number of hydrogen-bond acceptors (Lipinski definition) is 3. The van der Waals surface area contributed by atoms with Crippen LogP contribution in [-0.4, -0.2) is 22.1 Å². The van der Waals surface area contributed by atoms with Gasteiger partial charge < -0.3 is 15.5 Å². The van der Waals surface area contributed by atoms with Crippen LogP contribution in [0.1, 0.15) is 26.3 Å². The van der Waals surface area contributed by atoms with Crippen molar-refractivity contribution in [1.29, 1.82) is 0 Å². The molecule has 0 radical (unpaired) electrons. The SMILES string of the molecule is Cc1cccc(C(=O)Nc2ccc(C(=O)O)c(O)c2)c1Br. The molecule has 1 amide bonds. The number of phenols is 1. The van der Waals surface area contributed by atoms with Gasteiger partial charge in [0.05, 0.1) is 5.56 Å². The Labute approximate surface area is 129 Å². The molecule has 0 aliphatic rings. The highest BCUT2D eigenvalue weighted by Gasteiger charge is 2.14. The summed E-state index contributed by atoms with van der Waals surface area (Å²) in [6.07, 6.45) is 0. The van der Waals surface area contributed by atoms with Crippen LogP contribution in [0.15, 0.2) is 40.9 Å². The van der Waals surface area contributed by atoms with E-state index in [9.17, 15) is 14.7 Å². The molecule has 0 atom stereocenters. The maximum Gasteiger partial charge on any atom is 0.339 e. The molecular weight excluding hydrogens is 338 g/mol. The van der Waals surface area contributed by atoms with Crippen molar-refractivity contribution in [3.63, 3.8) is 0 Å². The van der Waals surface area contributed by atoms with E-state index in [4.69, 9.17) is 5.11 Å². The Kier molecular flexibility index (Phi) is 4.28. The summed E-state index contributed by atoms with van der Waals surface area (Å²) in [5.41, 5.74) is 1.48. The zero-order valence-electron chi connectivity index (χ0n) is 11.1. The number of aromatic carboxylic acids is 1. The van der Waals surface area contributed by atoms with E-state index in [1.54, 1.807) is 12.1 Å². The third-order valence-corrected chi connectivity index (χ3v) is 3.98. The van der Waals surface area contributed by atoms with Crippen molar-refractivity contribution < 1.29 is 19.8 Å². The first-order valence-corrected chi connectivity index (χ1v) is 6.82. The maximum absolute atomic E-state index is 12.2. The number of halogens is 1. The second-order valence-corrected chi connectivity index (χ2v) is 5.22. The average Bonchev–Trinajstić information content (AvgIpc) is 2.41. The summed E-state index contributed by atoms with van der Waals surface area (Å²) < 4.78 is 0.689. The lowest BCUT2D eigenvalue weighted by molar-refractivity contribution is 0.0693. The van der Waals surface area contributed by atoms with Crippen LogP contribution in [0.5, 0.6) is 5.75 Å². The lowest BCUT2D eigenvalue weighted by atomic mass is 10.1. The van der Waals surface area contributed by atoms with Crippen LogP contribution in [0, 0.1) is 6.92 Å². The van der Waals surface area contributed by atoms with Crippen LogP contribution >= 0.6 is 15.9 Å². The van der Waals surface area contributed by atoms with Gasteiger partial charge in [0, 0.05) is 16.2 Å². The number of rotatable bonds is 3. The molecule has 6 heteroatoms. The van der Waals surface area contributed by atoms with Crippen LogP contribution in [0.25, 0.3) is 0 Å². The minimum atomic E-state index is -1.23. The number of carboxylic acid groups (broad SMARTS) is 1. The number of nitrogens with one attached hydrogen (secondary N) is 1. The molecular formula is C15H12BrNO4. The summed E-state index contributed by atoms with van der Waals surface area (Å²) in [6.45, 7) is 1.87. The zero-order chi connectivity index (χ0) is 15.6. The van der Waals surface area contributed by atoms with Gasteiger partial charge in [-0.1, -0.05) is 12.1 Å². The van der Waals surface area contributed by atoms with Crippen molar-refractivity contribution in [3.05, 3.63) is 57.6 Å². The Hall–Kier alpha value is -2.34. The van der Waals surface area contributed by atoms with Crippen LogP contribution in [-0.2, 0) is 0 Å². The summed E-state index contributed by atoms with van der Waals surface area (Å²) in [6, 6.07) is 9.15. The van der Waals surface area contributed by atoms with Crippen molar-refractivity contribution >= 4 is 33.5 Å². The van der Waals surface area contributed by atoms with Crippen LogP contribution in [0.2, 0.25) is 0 Å². The minimum Gasteiger partial charge on any atom is -0.507 e. The first-order chi connectivity index (χ1) is 9.90. The minimum absolute atomic E-state index is 0.218. The van der Waals surface area contributed by atoms with E-state index in [-0.39, 0.29) is 11.5 Å². The summed E-state index contributed by atoms with van der Waals surface area (Å²) in [7, 11) is 0. The smallest absolute Gasteiger partial charge is 0.339 e. The number of benzene rings is 2. The van der Waals surface area contributed by atoms with E-state index in [2.05, 4.69) is 21.2 Å². The highest BCUT2D eigenvalue weighted by atomic mass is 79.9. The molecule has 0 spiro atoms. The summed E-state index contributed by atoms with van der Waals surface area (Å²) in [5, 5.41) is 21.0. The number of hydrogen-bond donors (Lipinski definition) is 3. The quantitative estimate of drug-likeness (QED) is 0.792. The summed E-state index contributed by atoms with van der Waals surface area (Å²) in [5.74, 6) is -1.98. The molecule has 2 aromatic rings. The normalized spacial score (nSPS) is 10.2. The van der Waals surface area contributed by atoms with E-state index in [0.29, 0.717) is 15.7 Å². The van der Waals surface area contributed by atoms with Crippen molar-refractivity contribution in [3.8, 4) is 5.75 Å². The fourth-order valence-corrected chi connectivity index (χ4v) is 2.26. The third kappa shape index (κ3) is 3.22. The van der Waals surface area contributed by atoms with Crippen LogP contribution in [0.4, 0.5) is 5.69 Å². The van der Waals surface area contributed by atoms with E-state index < -0.39 is 11.7 Å².